The SMILES string of the molecule is Fc1ccc(-c2cnc(CNC3CC3)[nH]2)c(F)c1. The van der Waals surface area contributed by atoms with E-state index in [0.717, 1.165) is 11.9 Å². The Morgan fingerprint density at radius 1 is 1.33 bits per heavy atom. The van der Waals surface area contributed by atoms with Crippen LogP contribution in [0.1, 0.15) is 18.7 Å². The summed E-state index contributed by atoms with van der Waals surface area (Å²) < 4.78 is 26.4. The maximum absolute atomic E-state index is 13.6. The van der Waals surface area contributed by atoms with Gasteiger partial charge in [0.25, 0.3) is 0 Å². The van der Waals surface area contributed by atoms with E-state index < -0.39 is 11.6 Å². The highest BCUT2D eigenvalue weighted by molar-refractivity contribution is 5.59. The molecule has 2 N–H and O–H groups in total. The quantitative estimate of drug-likeness (QED) is 0.874. The van der Waals surface area contributed by atoms with Crippen molar-refractivity contribution in [3.05, 3.63) is 41.9 Å². The minimum absolute atomic E-state index is 0.335. The highest BCUT2D eigenvalue weighted by Gasteiger charge is 2.20. The third kappa shape index (κ3) is 2.41. The molecule has 1 saturated carbocycles. The number of rotatable bonds is 4. The van der Waals surface area contributed by atoms with Crippen LogP contribution in [0.5, 0.6) is 0 Å². The molecular weight excluding hydrogens is 236 g/mol. The Kier molecular flexibility index (Phi) is 2.83. The van der Waals surface area contributed by atoms with Crippen molar-refractivity contribution in [3.8, 4) is 11.3 Å². The van der Waals surface area contributed by atoms with Crippen molar-refractivity contribution in [2.45, 2.75) is 25.4 Å². The lowest BCUT2D eigenvalue weighted by Crippen LogP contribution is -2.16. The van der Waals surface area contributed by atoms with Gasteiger partial charge in [-0.3, -0.25) is 0 Å². The fourth-order valence-electron chi connectivity index (χ4n) is 1.83. The summed E-state index contributed by atoms with van der Waals surface area (Å²) in [5.41, 5.74) is 0.904. The van der Waals surface area contributed by atoms with Crippen LogP contribution in [0.3, 0.4) is 0 Å². The Morgan fingerprint density at radius 2 is 2.17 bits per heavy atom. The zero-order chi connectivity index (χ0) is 12.5. The van der Waals surface area contributed by atoms with Gasteiger partial charge in [-0.05, 0) is 25.0 Å². The molecule has 0 radical (unpaired) electrons. The number of benzene rings is 1. The van der Waals surface area contributed by atoms with Crippen LogP contribution in [0, 0.1) is 11.6 Å². The summed E-state index contributed by atoms with van der Waals surface area (Å²) in [7, 11) is 0. The Morgan fingerprint density at radius 3 is 2.89 bits per heavy atom. The maximum atomic E-state index is 13.6. The number of imidazole rings is 1. The van der Waals surface area contributed by atoms with Gasteiger partial charge in [0.05, 0.1) is 18.4 Å². The second-order valence-electron chi connectivity index (χ2n) is 4.52. The molecule has 1 fully saturated rings. The number of hydrogen-bond donors (Lipinski definition) is 2. The summed E-state index contributed by atoms with van der Waals surface area (Å²) in [5, 5.41) is 3.31. The lowest BCUT2D eigenvalue weighted by atomic mass is 10.1. The minimum Gasteiger partial charge on any atom is -0.341 e. The lowest BCUT2D eigenvalue weighted by Gasteiger charge is -2.01. The molecule has 5 heteroatoms. The molecule has 18 heavy (non-hydrogen) atoms. The number of halogens is 2. The first-order valence-corrected chi connectivity index (χ1v) is 5.95. The second kappa shape index (κ2) is 4.49. The van der Waals surface area contributed by atoms with E-state index in [1.807, 2.05) is 0 Å². The third-order valence-corrected chi connectivity index (χ3v) is 2.99. The Balaban J connectivity index is 1.78. The first-order chi connectivity index (χ1) is 8.72. The molecule has 1 aromatic carbocycles. The van der Waals surface area contributed by atoms with Gasteiger partial charge in [-0.25, -0.2) is 13.8 Å². The van der Waals surface area contributed by atoms with Gasteiger partial charge in [0.15, 0.2) is 0 Å². The monoisotopic (exact) mass is 249 g/mol. The molecule has 0 unspecified atom stereocenters. The molecule has 94 valence electrons. The van der Waals surface area contributed by atoms with Crippen molar-refractivity contribution in [1.82, 2.24) is 15.3 Å². The van der Waals surface area contributed by atoms with Crippen molar-refractivity contribution in [2.75, 3.05) is 0 Å². The highest BCUT2D eigenvalue weighted by atomic mass is 19.1. The van der Waals surface area contributed by atoms with Crippen LogP contribution in [-0.2, 0) is 6.54 Å². The van der Waals surface area contributed by atoms with Crippen molar-refractivity contribution in [2.24, 2.45) is 0 Å². The zero-order valence-corrected chi connectivity index (χ0v) is 9.71. The Labute approximate surface area is 103 Å². The molecule has 3 rings (SSSR count). The largest absolute Gasteiger partial charge is 0.341 e. The number of nitrogens with one attached hydrogen (secondary N) is 2. The fourth-order valence-corrected chi connectivity index (χ4v) is 1.83. The van der Waals surface area contributed by atoms with Crippen LogP contribution in [0.25, 0.3) is 11.3 Å². The minimum atomic E-state index is -0.583. The molecule has 1 aliphatic rings. The van der Waals surface area contributed by atoms with Crippen LogP contribution in [0.15, 0.2) is 24.4 Å². The van der Waals surface area contributed by atoms with E-state index in [-0.39, 0.29) is 0 Å². The molecule has 0 aliphatic heterocycles. The third-order valence-electron chi connectivity index (χ3n) is 2.99. The second-order valence-corrected chi connectivity index (χ2v) is 4.52. The van der Waals surface area contributed by atoms with Crippen molar-refractivity contribution < 1.29 is 8.78 Å². The predicted octanol–water partition coefficient (Wildman–Crippen LogP) is 2.61. The number of hydrogen-bond acceptors (Lipinski definition) is 2. The van der Waals surface area contributed by atoms with E-state index in [9.17, 15) is 8.78 Å². The lowest BCUT2D eigenvalue weighted by molar-refractivity contribution is 0.585. The van der Waals surface area contributed by atoms with Gasteiger partial charge in [0.2, 0.25) is 0 Å². The van der Waals surface area contributed by atoms with Crippen LogP contribution >= 0.6 is 0 Å². The predicted molar refractivity (Wildman–Crippen MR) is 63.8 cm³/mol. The smallest absolute Gasteiger partial charge is 0.135 e. The van der Waals surface area contributed by atoms with Crippen LogP contribution in [-0.4, -0.2) is 16.0 Å². The van der Waals surface area contributed by atoms with E-state index in [1.54, 1.807) is 6.20 Å². The van der Waals surface area contributed by atoms with Crippen molar-refractivity contribution >= 4 is 0 Å². The normalized spacial score (nSPS) is 15.0. The maximum Gasteiger partial charge on any atom is 0.135 e. The first-order valence-electron chi connectivity index (χ1n) is 5.95. The van der Waals surface area contributed by atoms with E-state index >= 15 is 0 Å². The van der Waals surface area contributed by atoms with Gasteiger partial charge >= 0.3 is 0 Å². The molecule has 1 aliphatic carbocycles. The van der Waals surface area contributed by atoms with E-state index in [1.165, 1.54) is 25.0 Å². The number of aromatic nitrogens is 2. The number of nitrogens with zero attached hydrogens (tertiary/aromatic N) is 1. The molecule has 0 bridgehead atoms. The zero-order valence-electron chi connectivity index (χ0n) is 9.71. The molecular formula is C13H13F2N3. The number of H-pyrrole nitrogens is 1. The Bertz CT molecular complexity index is 561. The van der Waals surface area contributed by atoms with E-state index in [2.05, 4.69) is 15.3 Å². The van der Waals surface area contributed by atoms with Crippen molar-refractivity contribution in [3.63, 3.8) is 0 Å². The van der Waals surface area contributed by atoms with E-state index in [4.69, 9.17) is 0 Å². The summed E-state index contributed by atoms with van der Waals surface area (Å²) in [5.74, 6) is -0.396. The average molecular weight is 249 g/mol. The topological polar surface area (TPSA) is 40.7 Å². The average Bonchev–Trinajstić information content (AvgIpc) is 3.05. The molecule has 0 atom stereocenters. The summed E-state index contributed by atoms with van der Waals surface area (Å²) in [6.07, 6.45) is 3.99. The van der Waals surface area contributed by atoms with E-state index in [0.29, 0.717) is 23.8 Å². The van der Waals surface area contributed by atoms with Crippen LogP contribution in [0.4, 0.5) is 8.78 Å². The summed E-state index contributed by atoms with van der Waals surface area (Å²) in [6, 6.07) is 4.12. The molecule has 0 saturated heterocycles. The van der Waals surface area contributed by atoms with Gasteiger partial charge < -0.3 is 10.3 Å². The molecule has 1 heterocycles. The molecule has 1 aromatic heterocycles. The summed E-state index contributed by atoms with van der Waals surface area (Å²) in [6.45, 7) is 0.646. The van der Waals surface area contributed by atoms with Gasteiger partial charge in [0.1, 0.15) is 17.5 Å². The molecule has 0 amide bonds. The standard InChI is InChI=1S/C13H13F2N3/c14-8-1-4-10(11(15)5-8)12-6-17-13(18-12)7-16-9-2-3-9/h1,4-6,9,16H,2-3,7H2,(H,17,18). The van der Waals surface area contributed by atoms with Crippen LogP contribution in [0.2, 0.25) is 0 Å². The fraction of sp³-hybridized carbons (Fsp3) is 0.308. The van der Waals surface area contributed by atoms with Gasteiger partial charge in [-0.2, -0.15) is 0 Å². The van der Waals surface area contributed by atoms with Gasteiger partial charge in [-0.1, -0.05) is 0 Å². The Hall–Kier alpha value is -1.75. The summed E-state index contributed by atoms with van der Waals surface area (Å²) >= 11 is 0. The molecule has 2 aromatic rings. The number of aromatic amines is 1. The first kappa shape index (κ1) is 11.3. The van der Waals surface area contributed by atoms with Crippen LogP contribution < -0.4 is 5.32 Å². The van der Waals surface area contributed by atoms with Crippen molar-refractivity contribution in [1.29, 1.82) is 0 Å². The molecule has 3 nitrogen and oxygen atoms in total. The highest BCUT2D eigenvalue weighted by Crippen LogP contribution is 2.22. The molecule has 0 spiro atoms. The summed E-state index contributed by atoms with van der Waals surface area (Å²) in [4.78, 5) is 7.21. The van der Waals surface area contributed by atoms with Gasteiger partial charge in [-0.15, -0.1) is 0 Å². The van der Waals surface area contributed by atoms with Gasteiger partial charge in [0, 0.05) is 17.7 Å².